The molecular weight excluding hydrogens is 302 g/mol. The second-order valence-corrected chi connectivity index (χ2v) is 7.65. The van der Waals surface area contributed by atoms with Crippen molar-refractivity contribution in [3.05, 3.63) is 29.8 Å². The van der Waals surface area contributed by atoms with E-state index in [0.717, 1.165) is 13.0 Å². The summed E-state index contributed by atoms with van der Waals surface area (Å²) in [5, 5.41) is 8.78. The Morgan fingerprint density at radius 2 is 2.05 bits per heavy atom. The predicted molar refractivity (Wildman–Crippen MR) is 82.8 cm³/mol. The molecule has 1 aliphatic rings. The molecule has 1 heterocycles. The summed E-state index contributed by atoms with van der Waals surface area (Å²) in [6.07, 6.45) is 0.973. The highest BCUT2D eigenvalue weighted by atomic mass is 32.2. The molecule has 22 heavy (non-hydrogen) atoms. The van der Waals surface area contributed by atoms with Crippen LogP contribution < -0.4 is 0 Å². The van der Waals surface area contributed by atoms with Crippen molar-refractivity contribution in [1.29, 1.82) is 5.26 Å². The highest BCUT2D eigenvalue weighted by Crippen LogP contribution is 2.21. The van der Waals surface area contributed by atoms with Crippen LogP contribution in [0.15, 0.2) is 29.2 Å². The lowest BCUT2D eigenvalue weighted by Crippen LogP contribution is -2.39. The number of nitriles is 1. The third kappa shape index (κ3) is 3.47. The first-order valence-electron chi connectivity index (χ1n) is 7.08. The quantitative estimate of drug-likeness (QED) is 0.805. The second-order valence-electron chi connectivity index (χ2n) is 5.61. The maximum atomic E-state index is 12.6. The molecule has 0 N–H and O–H groups in total. The molecule has 0 unspecified atom stereocenters. The fraction of sp³-hybridized carbons (Fsp3) is 0.533. The molecule has 0 bridgehead atoms. The fourth-order valence-corrected chi connectivity index (χ4v) is 3.90. The number of rotatable bonds is 5. The van der Waals surface area contributed by atoms with Crippen LogP contribution in [0, 0.1) is 11.3 Å². The fourth-order valence-electron chi connectivity index (χ4n) is 2.69. The number of benzene rings is 1. The van der Waals surface area contributed by atoms with Gasteiger partial charge >= 0.3 is 0 Å². The number of likely N-dealkylation sites (tertiary alicyclic amines) is 1. The second kappa shape index (κ2) is 6.75. The van der Waals surface area contributed by atoms with Crippen LogP contribution in [0.4, 0.5) is 0 Å². The highest BCUT2D eigenvalue weighted by Gasteiger charge is 2.32. The van der Waals surface area contributed by atoms with Gasteiger partial charge in [-0.3, -0.25) is 4.90 Å². The molecule has 1 aromatic rings. The summed E-state index contributed by atoms with van der Waals surface area (Å²) < 4.78 is 31.9. The standard InChI is InChI=1S/C15H21N3O3S/c1-17-11-14(21-3)8-13(17)10-18(2)22(19,20)15-6-4-12(9-16)5-7-15/h4-7,13-14H,8,10-11H2,1-3H3/t13-,14-/m0/s1. The maximum absolute atomic E-state index is 12.6. The van der Waals surface area contributed by atoms with E-state index in [4.69, 9.17) is 10.00 Å². The lowest BCUT2D eigenvalue weighted by Gasteiger charge is -2.25. The molecule has 1 aliphatic heterocycles. The first kappa shape index (κ1) is 16.9. The zero-order valence-electron chi connectivity index (χ0n) is 13.1. The van der Waals surface area contributed by atoms with Gasteiger partial charge in [0.1, 0.15) is 0 Å². The van der Waals surface area contributed by atoms with Crippen LogP contribution in [0.3, 0.4) is 0 Å². The number of hydrogen-bond donors (Lipinski definition) is 0. The van der Waals surface area contributed by atoms with Gasteiger partial charge in [-0.2, -0.15) is 9.57 Å². The van der Waals surface area contributed by atoms with E-state index in [2.05, 4.69) is 4.90 Å². The molecule has 1 saturated heterocycles. The molecule has 0 radical (unpaired) electrons. The van der Waals surface area contributed by atoms with Crippen LogP contribution in [0.1, 0.15) is 12.0 Å². The van der Waals surface area contributed by atoms with E-state index in [9.17, 15) is 8.42 Å². The minimum atomic E-state index is -3.54. The number of hydrogen-bond acceptors (Lipinski definition) is 5. The van der Waals surface area contributed by atoms with Crippen molar-refractivity contribution in [3.8, 4) is 6.07 Å². The van der Waals surface area contributed by atoms with E-state index >= 15 is 0 Å². The van der Waals surface area contributed by atoms with Crippen molar-refractivity contribution >= 4 is 10.0 Å². The lowest BCUT2D eigenvalue weighted by molar-refractivity contribution is 0.111. The average molecular weight is 323 g/mol. The van der Waals surface area contributed by atoms with Crippen molar-refractivity contribution in [2.45, 2.75) is 23.5 Å². The van der Waals surface area contributed by atoms with Crippen LogP contribution in [-0.2, 0) is 14.8 Å². The third-order valence-corrected chi connectivity index (χ3v) is 5.98. The monoisotopic (exact) mass is 323 g/mol. The molecule has 120 valence electrons. The minimum Gasteiger partial charge on any atom is -0.380 e. The maximum Gasteiger partial charge on any atom is 0.242 e. The zero-order valence-corrected chi connectivity index (χ0v) is 13.9. The molecule has 0 spiro atoms. The Kier molecular flexibility index (Phi) is 5.19. The highest BCUT2D eigenvalue weighted by molar-refractivity contribution is 7.89. The van der Waals surface area contributed by atoms with Crippen LogP contribution in [-0.4, -0.2) is 64.1 Å². The number of likely N-dealkylation sites (N-methyl/N-ethyl adjacent to an activating group) is 2. The van der Waals surface area contributed by atoms with E-state index < -0.39 is 10.0 Å². The van der Waals surface area contributed by atoms with Gasteiger partial charge < -0.3 is 4.74 Å². The summed E-state index contributed by atoms with van der Waals surface area (Å²) in [4.78, 5) is 2.33. The molecule has 1 aromatic carbocycles. The molecular formula is C15H21N3O3S. The van der Waals surface area contributed by atoms with Gasteiger partial charge in [0.2, 0.25) is 10.0 Å². The van der Waals surface area contributed by atoms with Gasteiger partial charge in [0.15, 0.2) is 0 Å². The number of ether oxygens (including phenoxy) is 1. The summed E-state index contributed by atoms with van der Waals surface area (Å²) in [5.74, 6) is 0. The number of nitrogens with zero attached hydrogens (tertiary/aromatic N) is 3. The van der Waals surface area contributed by atoms with Crippen molar-refractivity contribution in [3.63, 3.8) is 0 Å². The number of methoxy groups -OCH3 is 1. The molecule has 0 aliphatic carbocycles. The Morgan fingerprint density at radius 3 is 2.55 bits per heavy atom. The van der Waals surface area contributed by atoms with Crippen LogP contribution >= 0.6 is 0 Å². The molecule has 7 heteroatoms. The van der Waals surface area contributed by atoms with E-state index in [1.807, 2.05) is 13.1 Å². The molecule has 6 nitrogen and oxygen atoms in total. The van der Waals surface area contributed by atoms with Crippen molar-refractivity contribution in [2.75, 3.05) is 34.3 Å². The van der Waals surface area contributed by atoms with Crippen LogP contribution in [0.5, 0.6) is 0 Å². The molecule has 0 aromatic heterocycles. The summed E-state index contributed by atoms with van der Waals surface area (Å²) in [5.41, 5.74) is 0.445. The zero-order chi connectivity index (χ0) is 16.3. The Balaban J connectivity index is 2.10. The average Bonchev–Trinajstić information content (AvgIpc) is 2.87. The third-order valence-electron chi connectivity index (χ3n) is 4.14. The lowest BCUT2D eigenvalue weighted by atomic mass is 10.2. The number of sulfonamides is 1. The smallest absolute Gasteiger partial charge is 0.242 e. The Hall–Kier alpha value is -1.46. The van der Waals surface area contributed by atoms with Gasteiger partial charge in [-0.15, -0.1) is 0 Å². The predicted octanol–water partition coefficient (Wildman–Crippen LogP) is 0.898. The van der Waals surface area contributed by atoms with E-state index in [1.165, 1.54) is 28.6 Å². The first-order chi connectivity index (χ1) is 10.4. The van der Waals surface area contributed by atoms with Crippen molar-refractivity contribution < 1.29 is 13.2 Å². The van der Waals surface area contributed by atoms with E-state index in [1.54, 1.807) is 14.2 Å². The van der Waals surface area contributed by atoms with Gasteiger partial charge in [0, 0.05) is 33.3 Å². The summed E-state index contributed by atoms with van der Waals surface area (Å²) in [6, 6.07) is 8.10. The Labute approximate surface area is 131 Å². The Morgan fingerprint density at radius 1 is 1.41 bits per heavy atom. The van der Waals surface area contributed by atoms with Crippen molar-refractivity contribution in [1.82, 2.24) is 9.21 Å². The van der Waals surface area contributed by atoms with Crippen molar-refractivity contribution in [2.24, 2.45) is 0 Å². The topological polar surface area (TPSA) is 73.6 Å². The molecule has 1 fully saturated rings. The summed E-state index contributed by atoms with van der Waals surface area (Å²) in [7, 11) is 1.70. The van der Waals surface area contributed by atoms with Gasteiger partial charge in [0.05, 0.1) is 22.6 Å². The summed E-state index contributed by atoms with van der Waals surface area (Å²) >= 11 is 0. The largest absolute Gasteiger partial charge is 0.380 e. The first-order valence-corrected chi connectivity index (χ1v) is 8.52. The van der Waals surface area contributed by atoms with Gasteiger partial charge in [-0.05, 0) is 37.7 Å². The molecule has 0 saturated carbocycles. The molecule has 2 rings (SSSR count). The van der Waals surface area contributed by atoms with Gasteiger partial charge in [-0.1, -0.05) is 0 Å². The minimum absolute atomic E-state index is 0.142. The normalized spacial score (nSPS) is 22.9. The molecule has 0 amide bonds. The SMILES string of the molecule is CO[C@H]1C[C@@H](CN(C)S(=O)(=O)c2ccc(C#N)cc2)N(C)C1. The van der Waals surface area contributed by atoms with Gasteiger partial charge in [-0.25, -0.2) is 8.42 Å². The summed E-state index contributed by atoms with van der Waals surface area (Å²) in [6.45, 7) is 1.23. The van der Waals surface area contributed by atoms with Crippen LogP contribution in [0.25, 0.3) is 0 Å². The molecule has 2 atom stereocenters. The van der Waals surface area contributed by atoms with E-state index in [-0.39, 0.29) is 17.0 Å². The van der Waals surface area contributed by atoms with Crippen LogP contribution in [0.2, 0.25) is 0 Å². The Bertz CT molecular complexity index is 652. The van der Waals surface area contributed by atoms with Gasteiger partial charge in [0.25, 0.3) is 0 Å². The van der Waals surface area contributed by atoms with E-state index in [0.29, 0.717) is 12.1 Å².